The van der Waals surface area contributed by atoms with Crippen molar-refractivity contribution in [1.82, 2.24) is 9.78 Å². The van der Waals surface area contributed by atoms with Crippen LogP contribution in [0.5, 0.6) is 0 Å². The highest BCUT2D eigenvalue weighted by Gasteiger charge is 2.06. The first-order chi connectivity index (χ1) is 13.0. The molecular weight excluding hydrogens is 338 g/mol. The van der Waals surface area contributed by atoms with Gasteiger partial charge in [-0.1, -0.05) is 42.0 Å². The first-order valence-electron chi connectivity index (χ1n) is 9.03. The Bertz CT molecular complexity index is 991. The standard InChI is InChI=1S/C22H23N3O2/c1-16-8-10-18(11-9-16)20-12-13-22(27)25(24-20)14-4-7-21(26)23-19-6-3-5-17(2)15-19/h3,5-6,8-13,15H,4,7,14H2,1-2H3,(H,23,26). The van der Waals surface area contributed by atoms with E-state index in [-0.39, 0.29) is 11.5 Å². The van der Waals surface area contributed by atoms with Crippen molar-refractivity contribution in [3.63, 3.8) is 0 Å². The minimum atomic E-state index is -0.162. The quantitative estimate of drug-likeness (QED) is 0.723. The number of rotatable bonds is 6. The summed E-state index contributed by atoms with van der Waals surface area (Å²) in [6.45, 7) is 4.41. The molecule has 2 aromatic carbocycles. The van der Waals surface area contributed by atoms with Crippen LogP contribution >= 0.6 is 0 Å². The van der Waals surface area contributed by atoms with Crippen LogP contribution < -0.4 is 10.9 Å². The number of carbonyl (C=O) groups excluding carboxylic acids is 1. The van der Waals surface area contributed by atoms with Crippen LogP contribution in [0.25, 0.3) is 11.3 Å². The summed E-state index contributed by atoms with van der Waals surface area (Å²) in [6.07, 6.45) is 0.874. The van der Waals surface area contributed by atoms with E-state index in [1.54, 1.807) is 6.07 Å². The zero-order valence-electron chi connectivity index (χ0n) is 15.6. The lowest BCUT2D eigenvalue weighted by Gasteiger charge is -2.08. The minimum Gasteiger partial charge on any atom is -0.326 e. The fourth-order valence-corrected chi connectivity index (χ4v) is 2.82. The van der Waals surface area contributed by atoms with Crippen molar-refractivity contribution >= 4 is 11.6 Å². The molecule has 27 heavy (non-hydrogen) atoms. The van der Waals surface area contributed by atoms with Crippen molar-refractivity contribution in [1.29, 1.82) is 0 Å². The van der Waals surface area contributed by atoms with Crippen molar-refractivity contribution in [3.8, 4) is 11.3 Å². The SMILES string of the molecule is Cc1ccc(-c2ccc(=O)n(CCCC(=O)Nc3cccc(C)c3)n2)cc1. The van der Waals surface area contributed by atoms with E-state index in [0.717, 1.165) is 22.5 Å². The third-order valence-corrected chi connectivity index (χ3v) is 4.29. The van der Waals surface area contributed by atoms with Crippen molar-refractivity contribution in [2.45, 2.75) is 33.2 Å². The first-order valence-corrected chi connectivity index (χ1v) is 9.03. The molecule has 0 fully saturated rings. The number of aryl methyl sites for hydroxylation is 3. The van der Waals surface area contributed by atoms with Crippen LogP contribution in [0.1, 0.15) is 24.0 Å². The molecule has 0 aliphatic heterocycles. The van der Waals surface area contributed by atoms with Crippen LogP contribution in [-0.4, -0.2) is 15.7 Å². The van der Waals surface area contributed by atoms with E-state index in [2.05, 4.69) is 10.4 Å². The van der Waals surface area contributed by atoms with E-state index in [0.29, 0.717) is 19.4 Å². The minimum absolute atomic E-state index is 0.0664. The van der Waals surface area contributed by atoms with Gasteiger partial charge in [-0.15, -0.1) is 0 Å². The first kappa shape index (κ1) is 18.6. The Morgan fingerprint density at radius 1 is 1.00 bits per heavy atom. The molecule has 0 saturated heterocycles. The van der Waals surface area contributed by atoms with Crippen LogP contribution in [0.15, 0.2) is 65.5 Å². The second-order valence-corrected chi connectivity index (χ2v) is 6.67. The Balaban J connectivity index is 1.60. The van der Waals surface area contributed by atoms with Gasteiger partial charge in [-0.2, -0.15) is 5.10 Å². The van der Waals surface area contributed by atoms with Gasteiger partial charge in [0, 0.05) is 30.3 Å². The van der Waals surface area contributed by atoms with E-state index >= 15 is 0 Å². The van der Waals surface area contributed by atoms with E-state index in [1.165, 1.54) is 16.3 Å². The van der Waals surface area contributed by atoms with Crippen LogP contribution in [0.2, 0.25) is 0 Å². The van der Waals surface area contributed by atoms with Gasteiger partial charge in [-0.05, 0) is 44.0 Å². The molecule has 0 aliphatic carbocycles. The molecule has 0 radical (unpaired) electrons. The average molecular weight is 361 g/mol. The van der Waals surface area contributed by atoms with Crippen molar-refractivity contribution in [2.24, 2.45) is 0 Å². The number of benzene rings is 2. The zero-order chi connectivity index (χ0) is 19.2. The van der Waals surface area contributed by atoms with Gasteiger partial charge < -0.3 is 5.32 Å². The van der Waals surface area contributed by atoms with Gasteiger partial charge in [0.2, 0.25) is 5.91 Å². The van der Waals surface area contributed by atoms with E-state index in [9.17, 15) is 9.59 Å². The molecule has 0 aliphatic rings. The van der Waals surface area contributed by atoms with E-state index in [4.69, 9.17) is 0 Å². The highest BCUT2D eigenvalue weighted by molar-refractivity contribution is 5.90. The molecule has 1 aromatic heterocycles. The molecule has 3 rings (SSSR count). The van der Waals surface area contributed by atoms with Gasteiger partial charge in [0.1, 0.15) is 0 Å². The maximum absolute atomic E-state index is 12.1. The van der Waals surface area contributed by atoms with Crippen LogP contribution in [-0.2, 0) is 11.3 Å². The van der Waals surface area contributed by atoms with Gasteiger partial charge >= 0.3 is 0 Å². The lowest BCUT2D eigenvalue weighted by atomic mass is 10.1. The van der Waals surface area contributed by atoms with Crippen molar-refractivity contribution in [2.75, 3.05) is 5.32 Å². The topological polar surface area (TPSA) is 64.0 Å². The third-order valence-electron chi connectivity index (χ3n) is 4.29. The number of hydrogen-bond donors (Lipinski definition) is 1. The molecule has 5 heteroatoms. The summed E-state index contributed by atoms with van der Waals surface area (Å²) in [5.41, 5.74) is 4.61. The molecule has 0 saturated carbocycles. The summed E-state index contributed by atoms with van der Waals surface area (Å²) in [6, 6.07) is 18.9. The maximum atomic E-state index is 12.1. The second-order valence-electron chi connectivity index (χ2n) is 6.67. The Hall–Kier alpha value is -3.21. The van der Waals surface area contributed by atoms with Gasteiger partial charge in [-0.3, -0.25) is 9.59 Å². The fraction of sp³-hybridized carbons (Fsp3) is 0.227. The summed E-state index contributed by atoms with van der Waals surface area (Å²) in [5, 5.41) is 7.32. The monoisotopic (exact) mass is 361 g/mol. The molecule has 1 N–H and O–H groups in total. The number of carbonyl (C=O) groups is 1. The lowest BCUT2D eigenvalue weighted by Crippen LogP contribution is -2.23. The highest BCUT2D eigenvalue weighted by atomic mass is 16.1. The Morgan fingerprint density at radius 2 is 1.78 bits per heavy atom. The summed E-state index contributed by atoms with van der Waals surface area (Å²) >= 11 is 0. The molecule has 3 aromatic rings. The zero-order valence-corrected chi connectivity index (χ0v) is 15.6. The summed E-state index contributed by atoms with van der Waals surface area (Å²) in [4.78, 5) is 24.2. The number of aromatic nitrogens is 2. The largest absolute Gasteiger partial charge is 0.326 e. The van der Waals surface area contributed by atoms with Gasteiger partial charge in [0.15, 0.2) is 0 Å². The average Bonchev–Trinajstić information content (AvgIpc) is 2.64. The number of amides is 1. The van der Waals surface area contributed by atoms with Crippen LogP contribution in [0, 0.1) is 13.8 Å². The molecule has 5 nitrogen and oxygen atoms in total. The predicted molar refractivity (Wildman–Crippen MR) is 108 cm³/mol. The Labute approximate surface area is 158 Å². The van der Waals surface area contributed by atoms with E-state index < -0.39 is 0 Å². The fourth-order valence-electron chi connectivity index (χ4n) is 2.82. The number of hydrogen-bond acceptors (Lipinski definition) is 3. The molecule has 1 amide bonds. The highest BCUT2D eigenvalue weighted by Crippen LogP contribution is 2.16. The van der Waals surface area contributed by atoms with Gasteiger partial charge in [0.25, 0.3) is 5.56 Å². The molecule has 0 unspecified atom stereocenters. The van der Waals surface area contributed by atoms with E-state index in [1.807, 2.05) is 62.4 Å². The molecule has 0 spiro atoms. The predicted octanol–water partition coefficient (Wildman–Crippen LogP) is 3.95. The second kappa shape index (κ2) is 8.45. The van der Waals surface area contributed by atoms with Crippen molar-refractivity contribution in [3.05, 3.63) is 82.1 Å². The molecule has 138 valence electrons. The molecule has 0 bridgehead atoms. The molecule has 1 heterocycles. The maximum Gasteiger partial charge on any atom is 0.266 e. The summed E-state index contributed by atoms with van der Waals surface area (Å²) in [5.74, 6) is -0.0664. The normalized spacial score (nSPS) is 10.6. The van der Waals surface area contributed by atoms with Crippen LogP contribution in [0.3, 0.4) is 0 Å². The Kier molecular flexibility index (Phi) is 5.81. The van der Waals surface area contributed by atoms with Crippen LogP contribution in [0.4, 0.5) is 5.69 Å². The van der Waals surface area contributed by atoms with Gasteiger partial charge in [0.05, 0.1) is 5.69 Å². The number of anilines is 1. The number of nitrogens with zero attached hydrogens (tertiary/aromatic N) is 2. The van der Waals surface area contributed by atoms with Gasteiger partial charge in [-0.25, -0.2) is 4.68 Å². The lowest BCUT2D eigenvalue weighted by molar-refractivity contribution is -0.116. The summed E-state index contributed by atoms with van der Waals surface area (Å²) in [7, 11) is 0. The Morgan fingerprint density at radius 3 is 2.52 bits per heavy atom. The number of nitrogens with one attached hydrogen (secondary N) is 1. The molecular formula is C22H23N3O2. The molecule has 0 atom stereocenters. The summed E-state index contributed by atoms with van der Waals surface area (Å²) < 4.78 is 1.43. The third kappa shape index (κ3) is 5.14. The van der Waals surface area contributed by atoms with Crippen molar-refractivity contribution < 1.29 is 4.79 Å². The smallest absolute Gasteiger partial charge is 0.266 e.